The van der Waals surface area contributed by atoms with E-state index >= 15 is 0 Å². The summed E-state index contributed by atoms with van der Waals surface area (Å²) in [6, 6.07) is 12.5. The molecule has 1 unspecified atom stereocenters. The highest BCUT2D eigenvalue weighted by Gasteiger charge is 2.39. The van der Waals surface area contributed by atoms with Crippen LogP contribution in [0.4, 0.5) is 11.4 Å². The van der Waals surface area contributed by atoms with Gasteiger partial charge in [-0.15, -0.1) is 0 Å². The molecule has 23 heavy (non-hydrogen) atoms. The average Bonchev–Trinajstić information content (AvgIpc) is 2.55. The minimum atomic E-state index is -0.918. The fourth-order valence-electron chi connectivity index (χ4n) is 3.11. The lowest BCUT2D eigenvalue weighted by Crippen LogP contribution is -2.55. The van der Waals surface area contributed by atoms with Gasteiger partial charge in [-0.25, -0.2) is 0 Å². The van der Waals surface area contributed by atoms with Crippen LogP contribution in [0.25, 0.3) is 0 Å². The maximum atomic E-state index is 10.5. The van der Waals surface area contributed by atoms with Crippen molar-refractivity contribution < 1.29 is 19.7 Å². The molecule has 2 aromatic rings. The van der Waals surface area contributed by atoms with Crippen LogP contribution in [0.5, 0.6) is 11.5 Å². The number of anilines is 2. The smallest absolute Gasteiger partial charge is 0.152 e. The van der Waals surface area contributed by atoms with Gasteiger partial charge in [-0.2, -0.15) is 0 Å². The minimum Gasteiger partial charge on any atom is -0.453 e. The second-order valence-corrected chi connectivity index (χ2v) is 6.15. The highest BCUT2D eigenvalue weighted by Crippen LogP contribution is 2.49. The molecule has 0 amide bonds. The number of para-hydroxylation sites is 2. The van der Waals surface area contributed by atoms with Gasteiger partial charge in [-0.05, 0) is 24.3 Å². The van der Waals surface area contributed by atoms with Gasteiger partial charge in [0.15, 0.2) is 11.5 Å². The molecule has 5 nitrogen and oxygen atoms in total. The van der Waals surface area contributed by atoms with Crippen molar-refractivity contribution in [1.82, 2.24) is 0 Å². The van der Waals surface area contributed by atoms with E-state index in [1.54, 1.807) is 12.1 Å². The third-order valence-corrected chi connectivity index (χ3v) is 4.46. The Morgan fingerprint density at radius 2 is 1.78 bits per heavy atom. The summed E-state index contributed by atoms with van der Waals surface area (Å²) in [5, 5.41) is 21.0. The Labute approximate surface area is 138 Å². The first-order valence-electron chi connectivity index (χ1n) is 7.44. The van der Waals surface area contributed by atoms with Crippen LogP contribution in [-0.2, 0) is 4.74 Å². The summed E-state index contributed by atoms with van der Waals surface area (Å²) in [6.45, 7) is 0.450. The predicted octanol–water partition coefficient (Wildman–Crippen LogP) is 2.70. The molecule has 0 saturated carbocycles. The first kappa shape index (κ1) is 14.8. The average molecular weight is 334 g/mol. The molecule has 120 valence electrons. The lowest BCUT2D eigenvalue weighted by molar-refractivity contribution is -0.0964. The second-order valence-electron chi connectivity index (χ2n) is 5.71. The van der Waals surface area contributed by atoms with Crippen molar-refractivity contribution in [2.24, 2.45) is 0 Å². The third kappa shape index (κ3) is 2.46. The summed E-state index contributed by atoms with van der Waals surface area (Å²) in [7, 11) is 0. The molecule has 0 aliphatic carbocycles. The molecule has 1 saturated heterocycles. The third-order valence-electron chi connectivity index (χ3n) is 4.22. The Balaban J connectivity index is 1.85. The van der Waals surface area contributed by atoms with E-state index < -0.39 is 18.2 Å². The number of aliphatic hydroxyl groups is 2. The summed E-state index contributed by atoms with van der Waals surface area (Å²) in [5.74, 6) is 1.29. The van der Waals surface area contributed by atoms with Crippen molar-refractivity contribution in [2.75, 3.05) is 18.1 Å². The molecule has 2 heterocycles. The zero-order valence-corrected chi connectivity index (χ0v) is 13.0. The topological polar surface area (TPSA) is 62.2 Å². The van der Waals surface area contributed by atoms with Crippen molar-refractivity contribution >= 4 is 23.0 Å². The molecule has 3 atom stereocenters. The Morgan fingerprint density at radius 3 is 2.65 bits per heavy atom. The molecule has 0 radical (unpaired) electrons. The molecule has 2 aromatic carbocycles. The fraction of sp³-hybridized carbons (Fsp3) is 0.294. The van der Waals surface area contributed by atoms with E-state index in [0.29, 0.717) is 23.1 Å². The van der Waals surface area contributed by atoms with Gasteiger partial charge in [0, 0.05) is 11.1 Å². The van der Waals surface area contributed by atoms with E-state index in [4.69, 9.17) is 21.1 Å². The zero-order chi connectivity index (χ0) is 16.0. The summed E-state index contributed by atoms with van der Waals surface area (Å²) >= 11 is 6.08. The summed E-state index contributed by atoms with van der Waals surface area (Å²) in [5.41, 5.74) is 1.61. The van der Waals surface area contributed by atoms with E-state index in [1.165, 1.54) is 0 Å². The normalized spacial score (nSPS) is 26.2. The Morgan fingerprint density at radius 1 is 1.00 bits per heavy atom. The van der Waals surface area contributed by atoms with Crippen molar-refractivity contribution in [2.45, 2.75) is 18.2 Å². The van der Waals surface area contributed by atoms with Crippen LogP contribution < -0.4 is 9.64 Å². The molecule has 0 aromatic heterocycles. The van der Waals surface area contributed by atoms with Crippen LogP contribution in [-0.4, -0.2) is 41.7 Å². The second kappa shape index (κ2) is 5.69. The number of halogens is 1. The first-order valence-corrected chi connectivity index (χ1v) is 7.82. The molecular weight excluding hydrogens is 318 g/mol. The quantitative estimate of drug-likeness (QED) is 0.840. The van der Waals surface area contributed by atoms with Crippen LogP contribution in [0.2, 0.25) is 5.02 Å². The lowest BCUT2D eigenvalue weighted by atomic mass is 9.99. The highest BCUT2D eigenvalue weighted by molar-refractivity contribution is 6.30. The van der Waals surface area contributed by atoms with Crippen molar-refractivity contribution in [3.8, 4) is 11.5 Å². The molecule has 2 N–H and O–H groups in total. The number of fused-ring (bicyclic) bond motifs is 2. The molecule has 1 fully saturated rings. The number of hydrogen-bond donors (Lipinski definition) is 2. The Bertz CT molecular complexity index is 738. The SMILES string of the molecule is OC1[C@@H](O)COC[C@@H]1N1c2ccccc2Oc2cc(Cl)ccc21. The predicted molar refractivity (Wildman–Crippen MR) is 86.7 cm³/mol. The number of hydrogen-bond acceptors (Lipinski definition) is 5. The monoisotopic (exact) mass is 333 g/mol. The van der Waals surface area contributed by atoms with Crippen molar-refractivity contribution in [1.29, 1.82) is 0 Å². The standard InChI is InChI=1S/C17H16ClNO4/c18-10-5-6-12-16(7-10)23-15-4-2-1-3-11(15)19(12)13-8-22-9-14(20)17(13)21/h1-7,13-14,17,20-21H,8-9H2/t13-,14-,17?/m0/s1. The number of nitrogens with zero attached hydrogens (tertiary/aromatic N) is 1. The number of benzene rings is 2. The van der Waals surface area contributed by atoms with E-state index in [1.807, 2.05) is 35.2 Å². The highest BCUT2D eigenvalue weighted by atomic mass is 35.5. The van der Waals surface area contributed by atoms with E-state index in [2.05, 4.69) is 0 Å². The molecule has 0 bridgehead atoms. The molecule has 4 rings (SSSR count). The molecular formula is C17H16ClNO4. The molecule has 2 aliphatic heterocycles. The maximum Gasteiger partial charge on any atom is 0.152 e. The van der Waals surface area contributed by atoms with Crippen molar-refractivity contribution in [3.63, 3.8) is 0 Å². The van der Waals surface area contributed by atoms with E-state index in [9.17, 15) is 10.2 Å². The van der Waals surface area contributed by atoms with E-state index in [0.717, 1.165) is 11.4 Å². The Kier molecular flexibility index (Phi) is 3.66. The van der Waals surface area contributed by atoms with E-state index in [-0.39, 0.29) is 6.61 Å². The zero-order valence-electron chi connectivity index (χ0n) is 12.2. The summed E-state index contributed by atoms with van der Waals surface area (Å²) in [4.78, 5) is 1.96. The number of ether oxygens (including phenoxy) is 2. The van der Waals surface area contributed by atoms with Gasteiger partial charge >= 0.3 is 0 Å². The molecule has 2 aliphatic rings. The van der Waals surface area contributed by atoms with Crippen LogP contribution in [0.15, 0.2) is 42.5 Å². The van der Waals surface area contributed by atoms with Gasteiger partial charge in [0.2, 0.25) is 0 Å². The van der Waals surface area contributed by atoms with Crippen LogP contribution in [0, 0.1) is 0 Å². The maximum absolute atomic E-state index is 10.5. The number of aliphatic hydroxyl groups excluding tert-OH is 2. The van der Waals surface area contributed by atoms with Crippen LogP contribution in [0.1, 0.15) is 0 Å². The summed E-state index contributed by atoms with van der Waals surface area (Å²) in [6.07, 6.45) is -1.84. The lowest BCUT2D eigenvalue weighted by Gasteiger charge is -2.43. The van der Waals surface area contributed by atoms with Gasteiger partial charge in [0.05, 0.1) is 30.6 Å². The number of rotatable bonds is 1. The van der Waals surface area contributed by atoms with Gasteiger partial charge in [-0.3, -0.25) is 0 Å². The first-order chi connectivity index (χ1) is 11.1. The minimum absolute atomic E-state index is 0.136. The van der Waals surface area contributed by atoms with Crippen LogP contribution >= 0.6 is 11.6 Å². The van der Waals surface area contributed by atoms with Gasteiger partial charge in [0.1, 0.15) is 12.2 Å². The van der Waals surface area contributed by atoms with Gasteiger partial charge in [-0.1, -0.05) is 23.7 Å². The summed E-state index contributed by atoms with van der Waals surface area (Å²) < 4.78 is 11.4. The van der Waals surface area contributed by atoms with Gasteiger partial charge < -0.3 is 24.6 Å². The fourth-order valence-corrected chi connectivity index (χ4v) is 3.27. The molecule has 6 heteroatoms. The van der Waals surface area contributed by atoms with Crippen molar-refractivity contribution in [3.05, 3.63) is 47.5 Å². The van der Waals surface area contributed by atoms with Crippen LogP contribution in [0.3, 0.4) is 0 Å². The largest absolute Gasteiger partial charge is 0.453 e. The molecule has 0 spiro atoms. The Hall–Kier alpha value is -1.79. The van der Waals surface area contributed by atoms with Gasteiger partial charge in [0.25, 0.3) is 0 Å².